The average Bonchev–Trinajstić information content (AvgIpc) is 2.39. The summed E-state index contributed by atoms with van der Waals surface area (Å²) < 4.78 is 0. The van der Waals surface area contributed by atoms with E-state index in [0.29, 0.717) is 19.4 Å². The van der Waals surface area contributed by atoms with Gasteiger partial charge in [-0.2, -0.15) is 0 Å². The highest BCUT2D eigenvalue weighted by Crippen LogP contribution is 2.13. The first-order valence-corrected chi connectivity index (χ1v) is 6.40. The normalized spacial score (nSPS) is 11.3. The van der Waals surface area contributed by atoms with Crippen molar-refractivity contribution in [1.29, 1.82) is 0 Å². The van der Waals surface area contributed by atoms with Crippen LogP contribution in [0.15, 0.2) is 18.3 Å². The third-order valence-electron chi connectivity index (χ3n) is 3.38. The van der Waals surface area contributed by atoms with Crippen LogP contribution in [0.4, 0.5) is 0 Å². The van der Waals surface area contributed by atoms with Gasteiger partial charge in [0.2, 0.25) is 5.91 Å². The topological polar surface area (TPSA) is 62.2 Å². The molecule has 0 aliphatic rings. The van der Waals surface area contributed by atoms with Crippen LogP contribution in [0.25, 0.3) is 0 Å². The Kier molecular flexibility index (Phi) is 5.28. The first kappa shape index (κ1) is 14.6. The number of hydrogen-bond donors (Lipinski definition) is 2. The van der Waals surface area contributed by atoms with Gasteiger partial charge in [0.1, 0.15) is 0 Å². The lowest BCUT2D eigenvalue weighted by atomic mass is 9.97. The van der Waals surface area contributed by atoms with E-state index in [1.165, 1.54) is 0 Å². The minimum Gasteiger partial charge on any atom is -0.388 e. The second kappa shape index (κ2) is 6.50. The zero-order valence-corrected chi connectivity index (χ0v) is 11.4. The first-order chi connectivity index (χ1) is 8.50. The quantitative estimate of drug-likeness (QED) is 0.806. The molecule has 18 heavy (non-hydrogen) atoms. The summed E-state index contributed by atoms with van der Waals surface area (Å²) in [5, 5.41) is 12.8. The van der Waals surface area contributed by atoms with Gasteiger partial charge < -0.3 is 10.4 Å². The number of aromatic nitrogens is 1. The van der Waals surface area contributed by atoms with E-state index in [9.17, 15) is 9.90 Å². The maximum Gasteiger partial charge on any atom is 0.226 e. The molecule has 0 spiro atoms. The maximum absolute atomic E-state index is 11.8. The minimum absolute atomic E-state index is 0.0999. The average molecular weight is 250 g/mol. The van der Waals surface area contributed by atoms with Crippen LogP contribution in [0.3, 0.4) is 0 Å². The Morgan fingerprint density at radius 3 is 2.67 bits per heavy atom. The molecule has 0 aliphatic heterocycles. The van der Waals surface area contributed by atoms with E-state index < -0.39 is 5.60 Å². The van der Waals surface area contributed by atoms with E-state index in [4.69, 9.17) is 0 Å². The summed E-state index contributed by atoms with van der Waals surface area (Å²) >= 11 is 0. The van der Waals surface area contributed by atoms with Crippen molar-refractivity contribution in [2.24, 2.45) is 0 Å². The van der Waals surface area contributed by atoms with Gasteiger partial charge in [-0.3, -0.25) is 9.78 Å². The molecule has 0 fully saturated rings. The monoisotopic (exact) mass is 250 g/mol. The van der Waals surface area contributed by atoms with Gasteiger partial charge in [0.15, 0.2) is 0 Å². The molecule has 1 heterocycles. The molecule has 0 saturated carbocycles. The number of nitrogens with zero attached hydrogens (tertiary/aromatic N) is 1. The molecule has 0 saturated heterocycles. The zero-order valence-electron chi connectivity index (χ0n) is 11.4. The Labute approximate surface area is 108 Å². The lowest BCUT2D eigenvalue weighted by molar-refractivity contribution is -0.121. The number of carbonyl (C=O) groups is 1. The van der Waals surface area contributed by atoms with Crippen molar-refractivity contribution < 1.29 is 9.90 Å². The van der Waals surface area contributed by atoms with Crippen molar-refractivity contribution in [3.05, 3.63) is 29.6 Å². The molecule has 1 aromatic rings. The number of carbonyl (C=O) groups excluding carboxylic acids is 1. The van der Waals surface area contributed by atoms with E-state index >= 15 is 0 Å². The van der Waals surface area contributed by atoms with E-state index in [2.05, 4.69) is 10.3 Å². The number of hydrogen-bond acceptors (Lipinski definition) is 3. The van der Waals surface area contributed by atoms with Crippen LogP contribution >= 0.6 is 0 Å². The van der Waals surface area contributed by atoms with Crippen LogP contribution in [0.5, 0.6) is 0 Å². The number of aliphatic hydroxyl groups is 1. The van der Waals surface area contributed by atoms with Crippen molar-refractivity contribution in [1.82, 2.24) is 10.3 Å². The predicted octanol–water partition coefficient (Wildman–Crippen LogP) is 1.60. The minimum atomic E-state index is -0.797. The fourth-order valence-electron chi connectivity index (χ4n) is 1.68. The molecular formula is C14H22N2O2. The van der Waals surface area contributed by atoms with Gasteiger partial charge in [-0.1, -0.05) is 19.9 Å². The second-order valence-electron chi connectivity index (χ2n) is 4.65. The molecule has 0 unspecified atom stereocenters. The van der Waals surface area contributed by atoms with E-state index in [1.54, 1.807) is 6.20 Å². The van der Waals surface area contributed by atoms with E-state index in [0.717, 1.165) is 11.3 Å². The van der Waals surface area contributed by atoms with Crippen LogP contribution in [-0.2, 0) is 11.2 Å². The summed E-state index contributed by atoms with van der Waals surface area (Å²) in [5.41, 5.74) is 0.995. The molecule has 0 radical (unpaired) electrons. The Morgan fingerprint density at radius 2 is 2.11 bits per heavy atom. The molecule has 1 amide bonds. The van der Waals surface area contributed by atoms with Gasteiger partial charge in [0, 0.05) is 12.7 Å². The van der Waals surface area contributed by atoms with Crippen molar-refractivity contribution >= 4 is 5.91 Å². The Hall–Kier alpha value is -1.42. The largest absolute Gasteiger partial charge is 0.388 e. The van der Waals surface area contributed by atoms with Crippen LogP contribution in [0, 0.1) is 6.92 Å². The fraction of sp³-hybridized carbons (Fsp3) is 0.571. The van der Waals surface area contributed by atoms with Crippen LogP contribution in [0.1, 0.15) is 37.9 Å². The third-order valence-corrected chi connectivity index (χ3v) is 3.38. The van der Waals surface area contributed by atoms with Gasteiger partial charge >= 0.3 is 0 Å². The fourth-order valence-corrected chi connectivity index (χ4v) is 1.68. The molecule has 0 bridgehead atoms. The third kappa shape index (κ3) is 4.11. The molecule has 4 nitrogen and oxygen atoms in total. The Bertz CT molecular complexity index is 401. The molecule has 2 N–H and O–H groups in total. The molecule has 0 aromatic carbocycles. The van der Waals surface area contributed by atoms with Crippen LogP contribution in [0.2, 0.25) is 0 Å². The summed E-state index contributed by atoms with van der Waals surface area (Å²) in [6, 6.07) is 3.79. The molecule has 4 heteroatoms. The highest BCUT2D eigenvalue weighted by atomic mass is 16.3. The molecule has 100 valence electrons. The van der Waals surface area contributed by atoms with Crippen molar-refractivity contribution in [3.8, 4) is 0 Å². The smallest absolute Gasteiger partial charge is 0.226 e. The number of aryl methyl sites for hydroxylation is 1. The number of nitrogens with one attached hydrogen (secondary N) is 1. The molecule has 0 atom stereocenters. The zero-order chi connectivity index (χ0) is 13.6. The molecule has 1 rings (SSSR count). The highest BCUT2D eigenvalue weighted by Gasteiger charge is 2.22. The maximum atomic E-state index is 11.8. The van der Waals surface area contributed by atoms with Crippen LogP contribution in [-0.4, -0.2) is 28.1 Å². The summed E-state index contributed by atoms with van der Waals surface area (Å²) in [7, 11) is 0. The van der Waals surface area contributed by atoms with Gasteiger partial charge in [-0.25, -0.2) is 0 Å². The summed E-state index contributed by atoms with van der Waals surface area (Å²) in [6.07, 6.45) is 3.21. The Balaban J connectivity index is 2.50. The number of amides is 1. The van der Waals surface area contributed by atoms with Gasteiger partial charge in [0.05, 0.1) is 17.7 Å². The SMILES string of the molecule is CCC(O)(CC)CNC(=O)Cc1ncccc1C. The summed E-state index contributed by atoms with van der Waals surface area (Å²) in [5.74, 6) is -0.0999. The van der Waals surface area contributed by atoms with Crippen molar-refractivity contribution in [3.63, 3.8) is 0 Å². The highest BCUT2D eigenvalue weighted by molar-refractivity contribution is 5.78. The first-order valence-electron chi connectivity index (χ1n) is 6.40. The molecule has 1 aromatic heterocycles. The van der Waals surface area contributed by atoms with Crippen molar-refractivity contribution in [2.45, 2.75) is 45.6 Å². The van der Waals surface area contributed by atoms with Gasteiger partial charge in [0.25, 0.3) is 0 Å². The summed E-state index contributed by atoms with van der Waals surface area (Å²) in [6.45, 7) is 6.06. The van der Waals surface area contributed by atoms with Crippen molar-refractivity contribution in [2.75, 3.05) is 6.54 Å². The number of rotatable bonds is 6. The lowest BCUT2D eigenvalue weighted by Gasteiger charge is -2.25. The van der Waals surface area contributed by atoms with E-state index in [1.807, 2.05) is 32.9 Å². The summed E-state index contributed by atoms with van der Waals surface area (Å²) in [4.78, 5) is 16.0. The van der Waals surface area contributed by atoms with Gasteiger partial charge in [-0.15, -0.1) is 0 Å². The Morgan fingerprint density at radius 1 is 1.44 bits per heavy atom. The standard InChI is InChI=1S/C14H22N2O2/c1-4-14(18,5-2)10-16-13(17)9-12-11(3)7-6-8-15-12/h6-8,18H,4-5,9-10H2,1-3H3,(H,16,17). The van der Waals surface area contributed by atoms with E-state index in [-0.39, 0.29) is 12.3 Å². The second-order valence-corrected chi connectivity index (χ2v) is 4.65. The predicted molar refractivity (Wildman–Crippen MR) is 71.2 cm³/mol. The molecule has 0 aliphatic carbocycles. The van der Waals surface area contributed by atoms with Crippen LogP contribution < -0.4 is 5.32 Å². The lowest BCUT2D eigenvalue weighted by Crippen LogP contribution is -2.42. The number of pyridine rings is 1. The van der Waals surface area contributed by atoms with Gasteiger partial charge in [-0.05, 0) is 31.4 Å². The molecular weight excluding hydrogens is 228 g/mol.